The number of anilines is 2. The quantitative estimate of drug-likeness (QED) is 0.147. The van der Waals surface area contributed by atoms with Gasteiger partial charge in [-0.25, -0.2) is 14.6 Å². The molecular formula is C34H37ClN8O7. The molecule has 6 N–H and O–H groups in total. The predicted octanol–water partition coefficient (Wildman–Crippen LogP) is 2.28. The molecule has 3 heterocycles. The van der Waals surface area contributed by atoms with Gasteiger partial charge in [-0.2, -0.15) is 14.6 Å². The molecule has 2 aromatic heterocycles. The molecule has 0 saturated carbocycles. The van der Waals surface area contributed by atoms with E-state index >= 15 is 0 Å². The van der Waals surface area contributed by atoms with Crippen molar-refractivity contribution in [2.45, 2.75) is 52.7 Å². The van der Waals surface area contributed by atoms with Gasteiger partial charge in [0.25, 0.3) is 22.5 Å². The summed E-state index contributed by atoms with van der Waals surface area (Å²) >= 11 is 0. The standard InChI is InChI=1S/C19H17N5O5.C14H15N3O2.CH4.ClH/c1-9-10-5-6-13(12(10)4-3-11(9)18(28)29-2)22-16(25)15-7-14(17(26)27)23-19-20-8-21-24(15)19;15-6-8-1-2-9-3-4-17(7-10(9)5-8)12-11(16)13(18)14(12)19;;/h3-4,7-8,13H,5-6H2,1-2H3,(H,22,25)(H,26,27);1-2,5H,3-4,6-7,15-16H2;1H4;1H/t13-;;;/m0.../s1. The maximum absolute atomic E-state index is 12.9. The maximum atomic E-state index is 12.9. The molecule has 15 nitrogen and oxygen atoms in total. The minimum Gasteiger partial charge on any atom is -0.477 e. The number of benzene rings is 2. The predicted molar refractivity (Wildman–Crippen MR) is 188 cm³/mol. The van der Waals surface area contributed by atoms with E-state index in [1.807, 2.05) is 24.0 Å². The molecule has 1 atom stereocenters. The van der Waals surface area contributed by atoms with Gasteiger partial charge in [0.15, 0.2) is 5.69 Å². The molecule has 262 valence electrons. The van der Waals surface area contributed by atoms with E-state index in [2.05, 4.69) is 32.5 Å². The Kier molecular flexibility index (Phi) is 11.0. The van der Waals surface area contributed by atoms with Crippen LogP contribution in [-0.4, -0.2) is 56.2 Å². The summed E-state index contributed by atoms with van der Waals surface area (Å²) in [5.41, 5.74) is 17.2. The minimum absolute atomic E-state index is 0. The molecule has 0 unspecified atom stereocenters. The van der Waals surface area contributed by atoms with E-state index in [-0.39, 0.29) is 48.7 Å². The Morgan fingerprint density at radius 3 is 2.52 bits per heavy atom. The highest BCUT2D eigenvalue weighted by molar-refractivity contribution is 5.96. The van der Waals surface area contributed by atoms with Crippen molar-refractivity contribution >= 4 is 47.4 Å². The molecule has 3 aromatic carbocycles. The van der Waals surface area contributed by atoms with Crippen LogP contribution < -0.4 is 32.5 Å². The average molecular weight is 705 g/mol. The number of methoxy groups -OCH3 is 1. The van der Waals surface area contributed by atoms with E-state index in [4.69, 9.17) is 16.2 Å². The number of amides is 1. The highest BCUT2D eigenvalue weighted by Gasteiger charge is 2.29. The number of carbonyl (C=O) groups is 3. The van der Waals surface area contributed by atoms with Gasteiger partial charge in [0, 0.05) is 25.7 Å². The Morgan fingerprint density at radius 2 is 1.84 bits per heavy atom. The lowest BCUT2D eigenvalue weighted by Gasteiger charge is -2.31. The Morgan fingerprint density at radius 1 is 1.08 bits per heavy atom. The van der Waals surface area contributed by atoms with Crippen LogP contribution in [0.4, 0.5) is 11.4 Å². The van der Waals surface area contributed by atoms with Crippen LogP contribution in [0.3, 0.4) is 0 Å². The third-order valence-electron chi connectivity index (χ3n) is 8.86. The second-order valence-electron chi connectivity index (χ2n) is 11.6. The van der Waals surface area contributed by atoms with Gasteiger partial charge < -0.3 is 31.5 Å². The van der Waals surface area contributed by atoms with Crippen LogP contribution in [-0.2, 0) is 30.7 Å². The van der Waals surface area contributed by atoms with Crippen LogP contribution in [0.25, 0.3) is 5.78 Å². The third kappa shape index (κ3) is 6.64. The minimum atomic E-state index is -1.26. The molecule has 0 bridgehead atoms. The molecule has 0 saturated heterocycles. The lowest BCUT2D eigenvalue weighted by Crippen LogP contribution is -2.44. The summed E-state index contributed by atoms with van der Waals surface area (Å²) in [6, 6.07) is 10.6. The van der Waals surface area contributed by atoms with E-state index in [9.17, 15) is 29.1 Å². The summed E-state index contributed by atoms with van der Waals surface area (Å²) in [6.45, 7) is 3.67. The topological polar surface area (TPSA) is 225 Å². The fourth-order valence-electron chi connectivity index (χ4n) is 6.32. The number of hydrogen-bond donors (Lipinski definition) is 4. The molecular weight excluding hydrogens is 668 g/mol. The van der Waals surface area contributed by atoms with Gasteiger partial charge in [0.2, 0.25) is 0 Å². The Hall–Kier alpha value is -5.67. The molecule has 5 aromatic rings. The number of carboxylic acids is 1. The monoisotopic (exact) mass is 704 g/mol. The molecule has 1 aliphatic heterocycles. The van der Waals surface area contributed by atoms with Crippen LogP contribution in [0.5, 0.6) is 0 Å². The maximum Gasteiger partial charge on any atom is 0.354 e. The Labute approximate surface area is 292 Å². The van der Waals surface area contributed by atoms with Gasteiger partial charge in [-0.1, -0.05) is 31.7 Å². The largest absolute Gasteiger partial charge is 0.477 e. The zero-order valence-electron chi connectivity index (χ0n) is 26.6. The fraction of sp³-hybridized carbons (Fsp3) is 0.294. The number of carbonyl (C=O) groups excluding carboxylic acids is 2. The summed E-state index contributed by atoms with van der Waals surface area (Å²) in [7, 11) is 1.34. The van der Waals surface area contributed by atoms with Crippen LogP contribution in [0.2, 0.25) is 0 Å². The number of rotatable bonds is 6. The van der Waals surface area contributed by atoms with Crippen LogP contribution in [0.1, 0.15) is 84.6 Å². The number of carboxylic acid groups (broad SMARTS) is 1. The first-order valence-corrected chi connectivity index (χ1v) is 15.1. The lowest BCUT2D eigenvalue weighted by molar-refractivity contribution is 0.0598. The number of fused-ring (bicyclic) bond motifs is 3. The number of halogens is 1. The average Bonchev–Trinajstić information content (AvgIpc) is 3.75. The number of ether oxygens (including phenoxy) is 1. The molecule has 0 spiro atoms. The van der Waals surface area contributed by atoms with E-state index < -0.39 is 28.7 Å². The zero-order chi connectivity index (χ0) is 34.3. The van der Waals surface area contributed by atoms with Crippen molar-refractivity contribution in [1.29, 1.82) is 0 Å². The van der Waals surface area contributed by atoms with Crippen molar-refractivity contribution in [3.05, 3.63) is 114 Å². The van der Waals surface area contributed by atoms with Crippen LogP contribution >= 0.6 is 12.4 Å². The van der Waals surface area contributed by atoms with Gasteiger partial charge in [0.05, 0.1) is 18.7 Å². The van der Waals surface area contributed by atoms with Gasteiger partial charge in [0.1, 0.15) is 23.4 Å². The molecule has 0 radical (unpaired) electrons. The number of hydrogen-bond acceptors (Lipinski definition) is 12. The molecule has 16 heteroatoms. The second kappa shape index (κ2) is 14.8. The number of nitrogens with two attached hydrogens (primary N) is 2. The molecule has 1 amide bonds. The summed E-state index contributed by atoms with van der Waals surface area (Å²) in [5, 5.41) is 16.1. The molecule has 2 aliphatic rings. The van der Waals surface area contributed by atoms with Crippen molar-refractivity contribution in [3.8, 4) is 0 Å². The first kappa shape index (κ1) is 37.2. The number of esters is 1. The van der Waals surface area contributed by atoms with E-state index in [1.54, 1.807) is 6.07 Å². The third-order valence-corrected chi connectivity index (χ3v) is 8.86. The lowest BCUT2D eigenvalue weighted by atomic mass is 9.96. The summed E-state index contributed by atoms with van der Waals surface area (Å²) < 4.78 is 6.01. The summed E-state index contributed by atoms with van der Waals surface area (Å²) in [4.78, 5) is 68.5. The van der Waals surface area contributed by atoms with Crippen molar-refractivity contribution in [3.63, 3.8) is 0 Å². The first-order valence-electron chi connectivity index (χ1n) is 15.1. The molecule has 50 heavy (non-hydrogen) atoms. The molecule has 0 fully saturated rings. The number of nitrogens with zero attached hydrogens (tertiary/aromatic N) is 5. The van der Waals surface area contributed by atoms with Gasteiger partial charge in [-0.05, 0) is 65.6 Å². The number of aromatic nitrogens is 4. The van der Waals surface area contributed by atoms with E-state index in [0.717, 1.165) is 34.2 Å². The SMILES string of the molecule is C.COC(=O)c1ccc2c(c1C)CC[C@@H]2NC(=O)c1cc(C(=O)O)nc2ncnn12.Cl.NCc1ccc2c(c1)CN(c1c(N)c(=O)c1=O)CC2. The number of nitrogen functional groups attached to an aromatic ring is 1. The van der Waals surface area contributed by atoms with Crippen molar-refractivity contribution < 1.29 is 24.2 Å². The van der Waals surface area contributed by atoms with Crippen molar-refractivity contribution in [1.82, 2.24) is 24.9 Å². The second-order valence-corrected chi connectivity index (χ2v) is 11.6. The highest BCUT2D eigenvalue weighted by Crippen LogP contribution is 2.35. The molecule has 7 rings (SSSR count). The number of aromatic carboxylic acids is 1. The van der Waals surface area contributed by atoms with Gasteiger partial charge in [-0.3, -0.25) is 14.4 Å². The normalized spacial score (nSPS) is 14.4. The first-order chi connectivity index (χ1) is 23.0. The Bertz CT molecular complexity index is 2190. The molecule has 1 aliphatic carbocycles. The zero-order valence-corrected chi connectivity index (χ0v) is 27.4. The number of nitrogens with one attached hydrogen (secondary N) is 1. The fourth-order valence-corrected chi connectivity index (χ4v) is 6.32. The van der Waals surface area contributed by atoms with Crippen molar-refractivity contribution in [2.75, 3.05) is 24.3 Å². The smallest absolute Gasteiger partial charge is 0.354 e. The van der Waals surface area contributed by atoms with E-state index in [0.29, 0.717) is 43.7 Å². The highest BCUT2D eigenvalue weighted by atomic mass is 35.5. The summed E-state index contributed by atoms with van der Waals surface area (Å²) in [5.74, 6) is -2.12. The Balaban J connectivity index is 0.000000233. The summed E-state index contributed by atoms with van der Waals surface area (Å²) in [6.07, 6.45) is 3.40. The van der Waals surface area contributed by atoms with E-state index in [1.165, 1.54) is 29.6 Å². The van der Waals surface area contributed by atoms with Crippen LogP contribution in [0.15, 0.2) is 52.3 Å². The van der Waals surface area contributed by atoms with Gasteiger partial charge >= 0.3 is 11.9 Å². The van der Waals surface area contributed by atoms with Gasteiger partial charge in [-0.15, -0.1) is 12.4 Å². The van der Waals surface area contributed by atoms with Crippen LogP contribution in [0, 0.1) is 6.92 Å². The van der Waals surface area contributed by atoms with Crippen molar-refractivity contribution in [2.24, 2.45) is 5.73 Å².